The highest BCUT2D eigenvalue weighted by Crippen LogP contribution is 2.32. The molecule has 2 heterocycles. The van der Waals surface area contributed by atoms with Gasteiger partial charge >= 0.3 is 6.18 Å². The molecule has 1 N–H and O–H groups in total. The lowest BCUT2D eigenvalue weighted by atomic mass is 10.1. The number of carbonyl (C=O) groups is 1. The third-order valence-electron chi connectivity index (χ3n) is 4.99. The number of benzene rings is 1. The molecule has 1 aromatic carbocycles. The molecule has 0 bridgehead atoms. The zero-order valence-corrected chi connectivity index (χ0v) is 19.5. The molecule has 0 atom stereocenters. The van der Waals surface area contributed by atoms with Crippen LogP contribution in [0.2, 0.25) is 5.02 Å². The maximum atomic E-state index is 12.9. The van der Waals surface area contributed by atoms with Gasteiger partial charge in [0.15, 0.2) is 5.65 Å². The minimum Gasteiger partial charge on any atom is -0.308 e. The summed E-state index contributed by atoms with van der Waals surface area (Å²) < 4.78 is 66.6. The monoisotopic (exact) mass is 502 g/mol. The van der Waals surface area contributed by atoms with Gasteiger partial charge < -0.3 is 4.57 Å². The Hall–Kier alpha value is -2.66. The molecule has 0 unspecified atom stereocenters. The van der Waals surface area contributed by atoms with Crippen LogP contribution >= 0.6 is 11.6 Å². The molecule has 0 saturated heterocycles. The number of aryl methyl sites for hydroxylation is 1. The van der Waals surface area contributed by atoms with E-state index in [4.69, 9.17) is 11.6 Å². The zero-order valence-electron chi connectivity index (χ0n) is 17.9. The average Bonchev–Trinajstić information content (AvgIpc) is 3.02. The molecule has 178 valence electrons. The molecular formula is C21H22ClF3N4O3S. The van der Waals surface area contributed by atoms with E-state index in [0.717, 1.165) is 25.0 Å². The van der Waals surface area contributed by atoms with E-state index in [2.05, 4.69) is 9.97 Å². The molecule has 0 aliphatic rings. The predicted molar refractivity (Wildman–Crippen MR) is 119 cm³/mol. The van der Waals surface area contributed by atoms with Gasteiger partial charge in [-0.15, -0.1) is 0 Å². The normalized spacial score (nSPS) is 12.3. The van der Waals surface area contributed by atoms with Crippen molar-refractivity contribution in [1.82, 2.24) is 19.3 Å². The highest BCUT2D eigenvalue weighted by Gasteiger charge is 2.31. The highest BCUT2D eigenvalue weighted by molar-refractivity contribution is 7.90. The summed E-state index contributed by atoms with van der Waals surface area (Å²) in [5.41, 5.74) is 0.140. The first kappa shape index (κ1) is 25.0. The Kier molecular flexibility index (Phi) is 7.32. The number of pyridine rings is 1. The molecule has 3 rings (SSSR count). The molecule has 0 saturated carbocycles. The third kappa shape index (κ3) is 6.02. The van der Waals surface area contributed by atoms with Crippen LogP contribution < -0.4 is 4.72 Å². The van der Waals surface area contributed by atoms with Crippen LogP contribution in [0.3, 0.4) is 0 Å². The minimum absolute atomic E-state index is 0.0622. The van der Waals surface area contributed by atoms with Crippen molar-refractivity contribution in [2.45, 2.75) is 45.8 Å². The molecule has 0 fully saturated rings. The summed E-state index contributed by atoms with van der Waals surface area (Å²) in [6.45, 7) is 3.68. The summed E-state index contributed by atoms with van der Waals surface area (Å²) in [7, 11) is -3.80. The fourth-order valence-electron chi connectivity index (χ4n) is 3.24. The van der Waals surface area contributed by atoms with Crippen molar-refractivity contribution in [2.75, 3.05) is 5.75 Å². The Labute approximate surface area is 194 Å². The van der Waals surface area contributed by atoms with Crippen LogP contribution in [0, 0.1) is 6.92 Å². The van der Waals surface area contributed by atoms with Crippen LogP contribution in [0.5, 0.6) is 0 Å². The summed E-state index contributed by atoms with van der Waals surface area (Å²) in [5.74, 6) is -0.539. The molecule has 12 heteroatoms. The van der Waals surface area contributed by atoms with E-state index < -0.39 is 27.7 Å². The van der Waals surface area contributed by atoms with Gasteiger partial charge in [-0.3, -0.25) is 4.79 Å². The van der Waals surface area contributed by atoms with Gasteiger partial charge in [0, 0.05) is 5.02 Å². The highest BCUT2D eigenvalue weighted by atomic mass is 35.5. The topological polar surface area (TPSA) is 94.0 Å². The van der Waals surface area contributed by atoms with Gasteiger partial charge in [-0.05, 0) is 43.2 Å². The smallest absolute Gasteiger partial charge is 0.308 e. The Bertz CT molecular complexity index is 1290. The molecule has 0 radical (unpaired) electrons. The number of nitrogens with zero attached hydrogens (tertiary/aromatic N) is 3. The Balaban J connectivity index is 1.88. The second-order valence-electron chi connectivity index (χ2n) is 7.55. The molecule has 3 aromatic rings. The number of hydrogen-bond acceptors (Lipinski definition) is 5. The maximum Gasteiger partial charge on any atom is 0.416 e. The van der Waals surface area contributed by atoms with Crippen LogP contribution in [0.25, 0.3) is 11.2 Å². The van der Waals surface area contributed by atoms with Crippen molar-refractivity contribution in [3.63, 3.8) is 0 Å². The lowest BCUT2D eigenvalue weighted by Crippen LogP contribution is -2.33. The quantitative estimate of drug-likeness (QED) is 0.450. The predicted octanol–water partition coefficient (Wildman–Crippen LogP) is 4.71. The van der Waals surface area contributed by atoms with Crippen LogP contribution in [-0.4, -0.2) is 34.6 Å². The van der Waals surface area contributed by atoms with Crippen molar-refractivity contribution in [1.29, 1.82) is 0 Å². The largest absolute Gasteiger partial charge is 0.416 e. The Morgan fingerprint density at radius 1 is 1.15 bits per heavy atom. The number of imidazole rings is 1. The first-order chi connectivity index (χ1) is 15.4. The number of hydrogen-bond donors (Lipinski definition) is 1. The number of nitrogens with one attached hydrogen (secondary N) is 1. The molecule has 1 amide bonds. The maximum absolute atomic E-state index is 12.9. The summed E-state index contributed by atoms with van der Waals surface area (Å²) >= 11 is 6.08. The Morgan fingerprint density at radius 3 is 2.52 bits per heavy atom. The minimum atomic E-state index is -4.51. The summed E-state index contributed by atoms with van der Waals surface area (Å²) in [6, 6.07) is 5.95. The van der Waals surface area contributed by atoms with Gasteiger partial charge in [-0.2, -0.15) is 13.2 Å². The van der Waals surface area contributed by atoms with Crippen LogP contribution in [-0.2, 0) is 22.7 Å². The number of aromatic nitrogens is 3. The van der Waals surface area contributed by atoms with E-state index >= 15 is 0 Å². The first-order valence-corrected chi connectivity index (χ1v) is 12.2. The van der Waals surface area contributed by atoms with Crippen LogP contribution in [0.4, 0.5) is 13.2 Å². The third-order valence-corrected chi connectivity index (χ3v) is 6.66. The van der Waals surface area contributed by atoms with Crippen LogP contribution in [0.1, 0.15) is 53.6 Å². The Morgan fingerprint density at radius 2 is 1.88 bits per heavy atom. The van der Waals surface area contributed by atoms with Crippen molar-refractivity contribution < 1.29 is 26.4 Å². The van der Waals surface area contributed by atoms with Gasteiger partial charge in [0.2, 0.25) is 10.0 Å². The molecular weight excluding hydrogens is 481 g/mol. The SMILES string of the molecule is CCCCCS(=O)(=O)NC(=O)c1ccc2nc(C)n(Cc3ccc(C(F)(F)F)cc3Cl)c2n1. The van der Waals surface area contributed by atoms with Crippen molar-refractivity contribution >= 4 is 38.7 Å². The van der Waals surface area contributed by atoms with Gasteiger partial charge in [0.05, 0.1) is 17.9 Å². The molecule has 33 heavy (non-hydrogen) atoms. The number of halogens is 4. The van der Waals surface area contributed by atoms with Crippen molar-refractivity contribution in [3.05, 3.63) is 58.0 Å². The number of rotatable bonds is 8. The fourth-order valence-corrected chi connectivity index (χ4v) is 4.55. The van der Waals surface area contributed by atoms with Gasteiger partial charge in [0.1, 0.15) is 17.0 Å². The van der Waals surface area contributed by atoms with E-state index in [1.807, 2.05) is 11.6 Å². The molecule has 0 aliphatic carbocycles. The molecule has 2 aromatic heterocycles. The fraction of sp³-hybridized carbons (Fsp3) is 0.381. The van der Waals surface area contributed by atoms with Crippen molar-refractivity contribution in [2.24, 2.45) is 0 Å². The number of fused-ring (bicyclic) bond motifs is 1. The lowest BCUT2D eigenvalue weighted by Gasteiger charge is -2.12. The lowest BCUT2D eigenvalue weighted by molar-refractivity contribution is -0.137. The van der Waals surface area contributed by atoms with E-state index in [9.17, 15) is 26.4 Å². The van der Waals surface area contributed by atoms with E-state index in [1.165, 1.54) is 18.2 Å². The second-order valence-corrected chi connectivity index (χ2v) is 9.79. The van der Waals surface area contributed by atoms with Gasteiger partial charge in [-0.25, -0.2) is 23.1 Å². The summed E-state index contributed by atoms with van der Waals surface area (Å²) in [6.07, 6.45) is -2.51. The number of carbonyl (C=O) groups excluding carboxylic acids is 1. The van der Waals surface area contributed by atoms with Crippen LogP contribution in [0.15, 0.2) is 30.3 Å². The first-order valence-electron chi connectivity index (χ1n) is 10.2. The van der Waals surface area contributed by atoms with Crippen molar-refractivity contribution in [3.8, 4) is 0 Å². The standard InChI is InChI=1S/C21H22ClF3N4O3S/c1-3-4-5-10-33(31,32)28-20(30)18-9-8-17-19(27-18)29(13(2)26-17)12-14-6-7-15(11-16(14)22)21(23,24)25/h6-9,11H,3-5,10,12H2,1-2H3,(H,28,30). The molecule has 0 aliphatic heterocycles. The number of sulfonamides is 1. The summed E-state index contributed by atoms with van der Waals surface area (Å²) in [4.78, 5) is 21.1. The van der Waals surface area contributed by atoms with E-state index in [1.54, 1.807) is 11.5 Å². The number of alkyl halides is 3. The number of unbranched alkanes of at least 4 members (excludes halogenated alkanes) is 2. The second kappa shape index (κ2) is 9.68. The van der Waals surface area contributed by atoms with E-state index in [0.29, 0.717) is 23.3 Å². The van der Waals surface area contributed by atoms with Gasteiger partial charge in [0.25, 0.3) is 5.91 Å². The average molecular weight is 503 g/mol. The zero-order chi connectivity index (χ0) is 24.4. The molecule has 7 nitrogen and oxygen atoms in total. The number of amides is 1. The van der Waals surface area contributed by atoms with E-state index in [-0.39, 0.29) is 28.7 Å². The van der Waals surface area contributed by atoms with Gasteiger partial charge in [-0.1, -0.05) is 37.4 Å². The molecule has 0 spiro atoms. The summed E-state index contributed by atoms with van der Waals surface area (Å²) in [5, 5.41) is -0.0712.